The summed E-state index contributed by atoms with van der Waals surface area (Å²) in [5.74, 6) is 1.38. The second-order valence-electron chi connectivity index (χ2n) is 7.67. The number of esters is 1. The Bertz CT molecular complexity index is 1130. The summed E-state index contributed by atoms with van der Waals surface area (Å²) in [5.41, 5.74) is 8.26. The van der Waals surface area contributed by atoms with Crippen LogP contribution in [0.5, 0.6) is 17.2 Å². The van der Waals surface area contributed by atoms with Gasteiger partial charge in [0.2, 0.25) is 0 Å². The molecule has 8 heteroatoms. The number of nitrogen functional groups attached to an aromatic ring is 1. The molecule has 1 aromatic heterocycles. The standard InChI is InChI=1S/C25H25ClN4O3/c1-2-24(31)33-21-5-3-4-20(14-21)32-22-15-23(25(27)28-16-22)30-12-10-29(11-13-30)17-18-6-8-19(26)9-7-18/h2-9,14-16H,1,10-13,17H2,(H2,27,28). The van der Waals surface area contributed by atoms with Crippen LogP contribution in [0.2, 0.25) is 5.02 Å². The molecule has 0 aliphatic carbocycles. The third-order valence-corrected chi connectivity index (χ3v) is 5.58. The fourth-order valence-corrected chi connectivity index (χ4v) is 3.77. The van der Waals surface area contributed by atoms with Crippen LogP contribution in [-0.4, -0.2) is 42.0 Å². The Balaban J connectivity index is 1.40. The molecule has 2 heterocycles. The number of piperazine rings is 1. The number of nitrogens with two attached hydrogens (primary N) is 1. The number of halogens is 1. The number of hydrogen-bond acceptors (Lipinski definition) is 7. The van der Waals surface area contributed by atoms with E-state index in [0.29, 0.717) is 23.1 Å². The van der Waals surface area contributed by atoms with Gasteiger partial charge in [-0.25, -0.2) is 9.78 Å². The number of nitrogens with zero attached hydrogens (tertiary/aromatic N) is 3. The first kappa shape index (κ1) is 22.6. The summed E-state index contributed by atoms with van der Waals surface area (Å²) in [6.07, 6.45) is 2.69. The summed E-state index contributed by atoms with van der Waals surface area (Å²) < 4.78 is 11.1. The van der Waals surface area contributed by atoms with Crippen molar-refractivity contribution in [3.8, 4) is 17.2 Å². The highest BCUT2D eigenvalue weighted by Gasteiger charge is 2.20. The molecule has 0 bridgehead atoms. The zero-order valence-corrected chi connectivity index (χ0v) is 18.9. The number of rotatable bonds is 7. The lowest BCUT2D eigenvalue weighted by molar-refractivity contribution is -0.128. The van der Waals surface area contributed by atoms with Crippen molar-refractivity contribution in [1.29, 1.82) is 0 Å². The van der Waals surface area contributed by atoms with Crippen molar-refractivity contribution in [1.82, 2.24) is 9.88 Å². The Morgan fingerprint density at radius 1 is 1.06 bits per heavy atom. The van der Waals surface area contributed by atoms with E-state index < -0.39 is 5.97 Å². The number of aromatic nitrogens is 1. The number of benzene rings is 2. The summed E-state index contributed by atoms with van der Waals surface area (Å²) in [5, 5.41) is 0.748. The molecule has 0 amide bonds. The highest BCUT2D eigenvalue weighted by atomic mass is 35.5. The van der Waals surface area contributed by atoms with E-state index in [1.54, 1.807) is 30.5 Å². The fourth-order valence-electron chi connectivity index (χ4n) is 3.64. The monoisotopic (exact) mass is 464 g/mol. The van der Waals surface area contributed by atoms with Crippen molar-refractivity contribution in [3.63, 3.8) is 0 Å². The lowest BCUT2D eigenvalue weighted by Gasteiger charge is -2.36. The summed E-state index contributed by atoms with van der Waals surface area (Å²) in [7, 11) is 0. The normalized spacial score (nSPS) is 14.0. The minimum atomic E-state index is -0.529. The van der Waals surface area contributed by atoms with Crippen LogP contribution in [0.15, 0.2) is 73.4 Å². The van der Waals surface area contributed by atoms with E-state index >= 15 is 0 Å². The van der Waals surface area contributed by atoms with Crippen LogP contribution in [0.25, 0.3) is 0 Å². The average molecular weight is 465 g/mol. The van der Waals surface area contributed by atoms with Crippen LogP contribution in [0.1, 0.15) is 5.56 Å². The third-order valence-electron chi connectivity index (χ3n) is 5.33. The second-order valence-corrected chi connectivity index (χ2v) is 8.10. The van der Waals surface area contributed by atoms with Gasteiger partial charge in [0.25, 0.3) is 0 Å². The zero-order valence-electron chi connectivity index (χ0n) is 18.1. The fraction of sp³-hybridized carbons (Fsp3) is 0.200. The highest BCUT2D eigenvalue weighted by molar-refractivity contribution is 6.30. The van der Waals surface area contributed by atoms with Gasteiger partial charge in [-0.05, 0) is 29.8 Å². The molecule has 4 rings (SSSR count). The molecular formula is C25H25ClN4O3. The van der Waals surface area contributed by atoms with Crippen molar-refractivity contribution >= 4 is 29.1 Å². The number of hydrogen-bond donors (Lipinski definition) is 1. The highest BCUT2D eigenvalue weighted by Crippen LogP contribution is 2.31. The van der Waals surface area contributed by atoms with Gasteiger partial charge in [-0.2, -0.15) is 0 Å². The van der Waals surface area contributed by atoms with E-state index in [2.05, 4.69) is 33.5 Å². The number of carbonyl (C=O) groups excluding carboxylic acids is 1. The molecule has 1 saturated heterocycles. The molecule has 2 aromatic carbocycles. The first-order valence-corrected chi connectivity index (χ1v) is 11.0. The minimum Gasteiger partial charge on any atom is -0.456 e. The quantitative estimate of drug-likeness (QED) is 0.312. The molecule has 0 unspecified atom stereocenters. The number of ether oxygens (including phenoxy) is 2. The van der Waals surface area contributed by atoms with Crippen LogP contribution in [0.3, 0.4) is 0 Å². The van der Waals surface area contributed by atoms with Gasteiger partial charge in [0.15, 0.2) is 0 Å². The maximum atomic E-state index is 11.4. The predicted molar refractivity (Wildman–Crippen MR) is 130 cm³/mol. The molecule has 2 N–H and O–H groups in total. The Labute approximate surface area is 198 Å². The van der Waals surface area contributed by atoms with Crippen molar-refractivity contribution in [2.45, 2.75) is 6.54 Å². The van der Waals surface area contributed by atoms with Crippen molar-refractivity contribution in [2.75, 3.05) is 36.8 Å². The molecule has 1 fully saturated rings. The van der Waals surface area contributed by atoms with Gasteiger partial charge in [-0.1, -0.05) is 36.4 Å². The average Bonchev–Trinajstić information content (AvgIpc) is 2.82. The van der Waals surface area contributed by atoms with Gasteiger partial charge in [0, 0.05) is 56.0 Å². The Kier molecular flexibility index (Phi) is 7.12. The number of pyridine rings is 1. The van der Waals surface area contributed by atoms with E-state index in [1.165, 1.54) is 5.56 Å². The predicted octanol–water partition coefficient (Wildman–Crippen LogP) is 4.52. The van der Waals surface area contributed by atoms with Crippen LogP contribution in [0.4, 0.5) is 11.5 Å². The van der Waals surface area contributed by atoms with Crippen molar-refractivity contribution in [2.24, 2.45) is 0 Å². The first-order valence-electron chi connectivity index (χ1n) is 10.6. The third kappa shape index (κ3) is 6.03. The number of anilines is 2. The van der Waals surface area contributed by atoms with Crippen molar-refractivity contribution in [3.05, 3.63) is 84.0 Å². The van der Waals surface area contributed by atoms with Crippen molar-refractivity contribution < 1.29 is 14.3 Å². The lowest BCUT2D eigenvalue weighted by atomic mass is 10.2. The Morgan fingerprint density at radius 3 is 2.52 bits per heavy atom. The van der Waals surface area contributed by atoms with Gasteiger partial charge < -0.3 is 20.1 Å². The molecule has 0 radical (unpaired) electrons. The molecule has 0 atom stereocenters. The lowest BCUT2D eigenvalue weighted by Crippen LogP contribution is -2.46. The van der Waals surface area contributed by atoms with Gasteiger partial charge in [0.05, 0.1) is 11.9 Å². The largest absolute Gasteiger partial charge is 0.456 e. The second kappa shape index (κ2) is 10.4. The summed E-state index contributed by atoms with van der Waals surface area (Å²) in [6, 6.07) is 16.7. The molecule has 3 aromatic rings. The molecule has 0 saturated carbocycles. The summed E-state index contributed by atoms with van der Waals surface area (Å²) >= 11 is 5.98. The van der Waals surface area contributed by atoms with E-state index in [0.717, 1.165) is 49.5 Å². The molecule has 0 spiro atoms. The maximum Gasteiger partial charge on any atom is 0.335 e. The maximum absolute atomic E-state index is 11.4. The minimum absolute atomic E-state index is 0.373. The first-order chi connectivity index (χ1) is 16.0. The summed E-state index contributed by atoms with van der Waals surface area (Å²) in [4.78, 5) is 20.4. The van der Waals surface area contributed by atoms with Gasteiger partial charge in [0.1, 0.15) is 23.1 Å². The van der Waals surface area contributed by atoms with E-state index in [9.17, 15) is 4.79 Å². The van der Waals surface area contributed by atoms with E-state index in [4.69, 9.17) is 26.8 Å². The molecule has 170 valence electrons. The van der Waals surface area contributed by atoms with Gasteiger partial charge in [-0.3, -0.25) is 4.90 Å². The van der Waals surface area contributed by atoms with Crippen LogP contribution >= 0.6 is 11.6 Å². The Hall–Kier alpha value is -3.55. The SMILES string of the molecule is C=CC(=O)Oc1cccc(Oc2cnc(N)c(N3CCN(Cc4ccc(Cl)cc4)CC3)c2)c1. The Morgan fingerprint density at radius 2 is 1.79 bits per heavy atom. The van der Waals surface area contributed by atoms with E-state index in [1.807, 2.05) is 18.2 Å². The topological polar surface area (TPSA) is 80.9 Å². The van der Waals surface area contributed by atoms with Crippen LogP contribution in [-0.2, 0) is 11.3 Å². The van der Waals surface area contributed by atoms with E-state index in [-0.39, 0.29) is 0 Å². The summed E-state index contributed by atoms with van der Waals surface area (Å²) in [6.45, 7) is 7.75. The molecule has 33 heavy (non-hydrogen) atoms. The molecule has 7 nitrogen and oxygen atoms in total. The van der Waals surface area contributed by atoms with Crippen LogP contribution < -0.4 is 20.1 Å². The molecule has 1 aliphatic rings. The molecule has 1 aliphatic heterocycles. The molecular weight excluding hydrogens is 440 g/mol. The number of carbonyl (C=O) groups is 1. The van der Waals surface area contributed by atoms with Gasteiger partial charge >= 0.3 is 5.97 Å². The smallest absolute Gasteiger partial charge is 0.335 e. The van der Waals surface area contributed by atoms with Gasteiger partial charge in [-0.15, -0.1) is 0 Å². The van der Waals surface area contributed by atoms with Crippen LogP contribution in [0, 0.1) is 0 Å². The zero-order chi connectivity index (χ0) is 23.2.